The summed E-state index contributed by atoms with van der Waals surface area (Å²) in [5.41, 5.74) is 3.10. The Kier molecular flexibility index (Phi) is 3.24. The predicted molar refractivity (Wildman–Crippen MR) is 87.0 cm³/mol. The number of rotatable bonds is 3. The van der Waals surface area contributed by atoms with Gasteiger partial charge in [-0.3, -0.25) is 4.79 Å². The number of thiophene rings is 1. The molecule has 4 heteroatoms. The maximum Gasteiger partial charge on any atom is 0.228 e. The standard InChI is InChI=1S/C18H16N2OS/c19-10-15-12-7-4-8-16(12)22-18(15)20-17(21)14-9-13(14)11-5-2-1-3-6-11/h1-3,5-6,13-14H,4,7-9H2,(H,20,21)/t13-,14-/m0/s1. The minimum Gasteiger partial charge on any atom is -0.316 e. The van der Waals surface area contributed by atoms with Gasteiger partial charge < -0.3 is 5.32 Å². The fraction of sp³-hybridized carbons (Fsp3) is 0.333. The third-order valence-corrected chi connectivity index (χ3v) is 5.83. The minimum absolute atomic E-state index is 0.0471. The van der Waals surface area contributed by atoms with Crippen molar-refractivity contribution in [2.75, 3.05) is 5.32 Å². The van der Waals surface area contributed by atoms with Crippen molar-refractivity contribution >= 4 is 22.2 Å². The molecule has 1 fully saturated rings. The maximum absolute atomic E-state index is 12.4. The van der Waals surface area contributed by atoms with Crippen molar-refractivity contribution in [3.05, 3.63) is 51.9 Å². The summed E-state index contributed by atoms with van der Waals surface area (Å²) in [4.78, 5) is 13.7. The third-order valence-electron chi connectivity index (χ3n) is 4.62. The van der Waals surface area contributed by atoms with Gasteiger partial charge >= 0.3 is 0 Å². The Morgan fingerprint density at radius 3 is 2.86 bits per heavy atom. The van der Waals surface area contributed by atoms with Crippen molar-refractivity contribution in [1.29, 1.82) is 5.26 Å². The number of carbonyl (C=O) groups is 1. The van der Waals surface area contributed by atoms with E-state index in [1.54, 1.807) is 11.3 Å². The monoisotopic (exact) mass is 308 g/mol. The third kappa shape index (κ3) is 2.22. The van der Waals surface area contributed by atoms with E-state index in [4.69, 9.17) is 0 Å². The summed E-state index contributed by atoms with van der Waals surface area (Å²) >= 11 is 1.59. The van der Waals surface area contributed by atoms with Crippen LogP contribution >= 0.6 is 11.3 Å². The first-order chi connectivity index (χ1) is 10.8. The van der Waals surface area contributed by atoms with E-state index in [0.29, 0.717) is 11.5 Å². The number of aryl methyl sites for hydroxylation is 1. The van der Waals surface area contributed by atoms with Crippen molar-refractivity contribution in [2.24, 2.45) is 5.92 Å². The lowest BCUT2D eigenvalue weighted by Crippen LogP contribution is -2.14. The van der Waals surface area contributed by atoms with Crippen molar-refractivity contribution < 1.29 is 4.79 Å². The Bertz CT molecular complexity index is 772. The summed E-state index contributed by atoms with van der Waals surface area (Å²) in [5, 5.41) is 13.1. The van der Waals surface area contributed by atoms with Crippen LogP contribution in [0.4, 0.5) is 5.00 Å². The molecule has 1 aromatic heterocycles. The lowest BCUT2D eigenvalue weighted by atomic mass is 10.1. The second kappa shape index (κ2) is 5.26. The van der Waals surface area contributed by atoms with Crippen LogP contribution in [0, 0.1) is 17.2 Å². The largest absolute Gasteiger partial charge is 0.316 e. The molecule has 0 radical (unpaired) electrons. The van der Waals surface area contributed by atoms with Crippen LogP contribution in [-0.2, 0) is 17.6 Å². The van der Waals surface area contributed by atoms with Crippen LogP contribution < -0.4 is 5.32 Å². The number of nitriles is 1. The topological polar surface area (TPSA) is 52.9 Å². The summed E-state index contributed by atoms with van der Waals surface area (Å²) in [7, 11) is 0. The van der Waals surface area contributed by atoms with E-state index >= 15 is 0 Å². The van der Waals surface area contributed by atoms with Gasteiger partial charge in [-0.1, -0.05) is 30.3 Å². The van der Waals surface area contributed by atoms with Crippen LogP contribution in [0.5, 0.6) is 0 Å². The number of fused-ring (bicyclic) bond motifs is 1. The van der Waals surface area contributed by atoms with E-state index in [1.807, 2.05) is 18.2 Å². The van der Waals surface area contributed by atoms with E-state index in [2.05, 4.69) is 23.5 Å². The van der Waals surface area contributed by atoms with E-state index in [9.17, 15) is 10.1 Å². The quantitative estimate of drug-likeness (QED) is 0.936. The van der Waals surface area contributed by atoms with Gasteiger partial charge in [-0.2, -0.15) is 5.26 Å². The molecular weight excluding hydrogens is 292 g/mol. The number of amides is 1. The Morgan fingerprint density at radius 2 is 2.09 bits per heavy atom. The molecule has 1 aromatic carbocycles. The number of carbonyl (C=O) groups excluding carboxylic acids is 1. The molecule has 1 heterocycles. The van der Waals surface area contributed by atoms with Crippen LogP contribution in [0.3, 0.4) is 0 Å². The van der Waals surface area contributed by atoms with Crippen molar-refractivity contribution in [2.45, 2.75) is 31.6 Å². The second-order valence-corrected chi connectivity index (χ2v) is 7.13. The molecule has 22 heavy (non-hydrogen) atoms. The van der Waals surface area contributed by atoms with Crippen LogP contribution in [0.2, 0.25) is 0 Å². The summed E-state index contributed by atoms with van der Waals surface area (Å²) in [6.45, 7) is 0. The summed E-state index contributed by atoms with van der Waals surface area (Å²) in [6.07, 6.45) is 4.05. The van der Waals surface area contributed by atoms with E-state index in [0.717, 1.165) is 30.7 Å². The van der Waals surface area contributed by atoms with Crippen molar-refractivity contribution in [3.8, 4) is 6.07 Å². The Hall–Kier alpha value is -2.12. The van der Waals surface area contributed by atoms with Gasteiger partial charge in [0.15, 0.2) is 0 Å². The molecule has 3 nitrogen and oxygen atoms in total. The van der Waals surface area contributed by atoms with Gasteiger partial charge in [-0.05, 0) is 42.7 Å². The number of nitrogens with zero attached hydrogens (tertiary/aromatic N) is 1. The van der Waals surface area contributed by atoms with Gasteiger partial charge in [-0.25, -0.2) is 0 Å². The number of hydrogen-bond acceptors (Lipinski definition) is 3. The first-order valence-electron chi connectivity index (χ1n) is 7.68. The highest BCUT2D eigenvalue weighted by molar-refractivity contribution is 7.16. The first kappa shape index (κ1) is 13.5. The number of anilines is 1. The Labute approximate surface area is 133 Å². The molecule has 110 valence electrons. The Morgan fingerprint density at radius 1 is 1.27 bits per heavy atom. The average molecular weight is 308 g/mol. The van der Waals surface area contributed by atoms with Gasteiger partial charge in [-0.15, -0.1) is 11.3 Å². The van der Waals surface area contributed by atoms with Crippen LogP contribution in [0.25, 0.3) is 0 Å². The highest BCUT2D eigenvalue weighted by Crippen LogP contribution is 2.48. The average Bonchev–Trinajstić information content (AvgIpc) is 3.11. The number of nitrogens with one attached hydrogen (secondary N) is 1. The zero-order valence-electron chi connectivity index (χ0n) is 12.1. The summed E-state index contributed by atoms with van der Waals surface area (Å²) in [6, 6.07) is 12.5. The fourth-order valence-electron chi connectivity index (χ4n) is 3.37. The maximum atomic E-state index is 12.4. The smallest absolute Gasteiger partial charge is 0.228 e. The molecule has 2 atom stereocenters. The van der Waals surface area contributed by atoms with Gasteiger partial charge in [0.25, 0.3) is 0 Å². The number of benzene rings is 1. The van der Waals surface area contributed by atoms with Gasteiger partial charge in [0.1, 0.15) is 11.1 Å². The molecule has 0 bridgehead atoms. The molecule has 1 N–H and O–H groups in total. The SMILES string of the molecule is N#Cc1c(NC(=O)[C@H]2C[C@H]2c2ccccc2)sc2c1CCC2. The molecule has 2 aromatic rings. The second-order valence-electron chi connectivity index (χ2n) is 6.02. The molecule has 2 aliphatic carbocycles. The van der Waals surface area contributed by atoms with Crippen molar-refractivity contribution in [1.82, 2.24) is 0 Å². The lowest BCUT2D eigenvalue weighted by Gasteiger charge is -2.04. The van der Waals surface area contributed by atoms with Crippen LogP contribution in [-0.4, -0.2) is 5.91 Å². The van der Waals surface area contributed by atoms with Crippen LogP contribution in [0.1, 0.15) is 40.3 Å². The lowest BCUT2D eigenvalue weighted by molar-refractivity contribution is -0.117. The van der Waals surface area contributed by atoms with E-state index < -0.39 is 0 Å². The van der Waals surface area contributed by atoms with Crippen LogP contribution in [0.15, 0.2) is 30.3 Å². The zero-order chi connectivity index (χ0) is 15.1. The minimum atomic E-state index is 0.0471. The van der Waals surface area contributed by atoms with Gasteiger partial charge in [0, 0.05) is 10.8 Å². The van der Waals surface area contributed by atoms with Crippen molar-refractivity contribution in [3.63, 3.8) is 0 Å². The molecule has 0 spiro atoms. The molecule has 0 aliphatic heterocycles. The highest BCUT2D eigenvalue weighted by atomic mass is 32.1. The van der Waals surface area contributed by atoms with E-state index in [1.165, 1.54) is 16.0 Å². The summed E-state index contributed by atoms with van der Waals surface area (Å²) in [5.74, 6) is 0.440. The molecule has 0 unspecified atom stereocenters. The predicted octanol–water partition coefficient (Wildman–Crippen LogP) is 3.85. The molecule has 2 aliphatic rings. The normalized spacial score (nSPS) is 22.0. The molecule has 1 saturated carbocycles. The zero-order valence-corrected chi connectivity index (χ0v) is 13.0. The fourth-order valence-corrected chi connectivity index (χ4v) is 4.61. The highest BCUT2D eigenvalue weighted by Gasteiger charge is 2.44. The molecule has 0 saturated heterocycles. The molecule has 1 amide bonds. The van der Waals surface area contributed by atoms with E-state index in [-0.39, 0.29) is 11.8 Å². The van der Waals surface area contributed by atoms with Gasteiger partial charge in [0.2, 0.25) is 5.91 Å². The first-order valence-corrected chi connectivity index (χ1v) is 8.50. The number of hydrogen-bond donors (Lipinski definition) is 1. The molecule has 4 rings (SSSR count). The summed E-state index contributed by atoms with van der Waals surface area (Å²) < 4.78 is 0. The Balaban J connectivity index is 1.49. The molecular formula is C18H16N2OS. The van der Waals surface area contributed by atoms with Gasteiger partial charge in [0.05, 0.1) is 5.56 Å².